The number of ether oxygens (including phenoxy) is 3. The highest BCUT2D eigenvalue weighted by atomic mass is 35.5. The summed E-state index contributed by atoms with van der Waals surface area (Å²) in [7, 11) is 1.56. The minimum atomic E-state index is -0.830. The number of nitriles is 1. The Hall–Kier alpha value is -3.50. The predicted octanol–water partition coefficient (Wildman–Crippen LogP) is 4.60. The second-order valence-corrected chi connectivity index (χ2v) is 7.28. The van der Waals surface area contributed by atoms with Gasteiger partial charge in [0.15, 0.2) is 11.5 Å². The number of aromatic amines is 1. The maximum absolute atomic E-state index is 9.82. The van der Waals surface area contributed by atoms with Crippen molar-refractivity contribution < 1.29 is 14.2 Å². The highest BCUT2D eigenvalue weighted by Gasteiger charge is 2.41. The minimum Gasteiger partial charge on any atom is -0.493 e. The Morgan fingerprint density at radius 2 is 2.07 bits per heavy atom. The Balaban J connectivity index is 1.82. The zero-order chi connectivity index (χ0) is 21.3. The lowest BCUT2D eigenvalue weighted by molar-refractivity contribution is 0.279. The molecule has 3 aromatic rings. The lowest BCUT2D eigenvalue weighted by Crippen LogP contribution is -2.31. The molecule has 0 aliphatic carbocycles. The number of fused-ring (bicyclic) bond motifs is 1. The molecule has 7 nitrogen and oxygen atoms in total. The van der Waals surface area contributed by atoms with E-state index in [1.807, 2.05) is 37.3 Å². The Kier molecular flexibility index (Phi) is 5.34. The number of hydrogen-bond acceptors (Lipinski definition) is 6. The summed E-state index contributed by atoms with van der Waals surface area (Å²) >= 11 is 6.28. The van der Waals surface area contributed by atoms with Crippen LogP contribution in [0.4, 0.5) is 0 Å². The summed E-state index contributed by atoms with van der Waals surface area (Å²) in [6.45, 7) is 2.08. The molecular weight excluding hydrogens is 404 g/mol. The van der Waals surface area contributed by atoms with Crippen molar-refractivity contribution in [3.05, 3.63) is 69.9 Å². The number of rotatable bonds is 5. The molecule has 0 spiro atoms. The van der Waals surface area contributed by atoms with Crippen LogP contribution >= 0.6 is 11.6 Å². The van der Waals surface area contributed by atoms with E-state index in [0.717, 1.165) is 16.8 Å². The minimum absolute atomic E-state index is 0.152. The van der Waals surface area contributed by atoms with Crippen molar-refractivity contribution in [3.63, 3.8) is 0 Å². The summed E-state index contributed by atoms with van der Waals surface area (Å²) in [4.78, 5) is 0. The maximum Gasteiger partial charge on any atom is 0.243 e. The number of hydrogen-bond donors (Lipinski definition) is 2. The number of halogens is 1. The van der Waals surface area contributed by atoms with Crippen LogP contribution in [0.2, 0.25) is 5.02 Å². The normalized spacial score (nSPS) is 17.6. The highest BCUT2D eigenvalue weighted by Crippen LogP contribution is 2.48. The quantitative estimate of drug-likeness (QED) is 0.625. The van der Waals surface area contributed by atoms with E-state index in [-0.39, 0.29) is 12.5 Å². The second kappa shape index (κ2) is 8.09. The van der Waals surface area contributed by atoms with E-state index < -0.39 is 11.8 Å². The Morgan fingerprint density at radius 1 is 1.27 bits per heavy atom. The first-order valence-electron chi connectivity index (χ1n) is 9.29. The number of aromatic nitrogens is 2. The van der Waals surface area contributed by atoms with Crippen molar-refractivity contribution >= 4 is 17.5 Å². The third-order valence-electron chi connectivity index (χ3n) is 5.13. The van der Waals surface area contributed by atoms with Crippen LogP contribution in [0.1, 0.15) is 28.3 Å². The molecule has 0 radical (unpaired) electrons. The summed E-state index contributed by atoms with van der Waals surface area (Å²) in [6.07, 6.45) is 0. The van der Waals surface area contributed by atoms with Crippen molar-refractivity contribution in [1.82, 2.24) is 10.2 Å². The molecule has 2 heterocycles. The van der Waals surface area contributed by atoms with Crippen LogP contribution in [0.25, 0.3) is 0 Å². The van der Waals surface area contributed by atoms with Gasteiger partial charge in [-0.3, -0.25) is 10.5 Å². The number of benzene rings is 2. The van der Waals surface area contributed by atoms with Gasteiger partial charge in [-0.1, -0.05) is 41.9 Å². The van der Waals surface area contributed by atoms with E-state index in [1.165, 1.54) is 0 Å². The largest absolute Gasteiger partial charge is 0.493 e. The summed E-state index contributed by atoms with van der Waals surface area (Å²) in [5.74, 6) is -0.163. The van der Waals surface area contributed by atoms with E-state index in [4.69, 9.17) is 31.2 Å². The first-order chi connectivity index (χ1) is 14.5. The molecule has 2 N–H and O–H groups in total. The van der Waals surface area contributed by atoms with Gasteiger partial charge < -0.3 is 14.2 Å². The summed E-state index contributed by atoms with van der Waals surface area (Å²) in [5.41, 5.74) is 3.04. The molecule has 2 unspecified atom stereocenters. The summed E-state index contributed by atoms with van der Waals surface area (Å²) < 4.78 is 17.2. The fraction of sp³-hybridized carbons (Fsp3) is 0.227. The first-order valence-corrected chi connectivity index (χ1v) is 9.66. The zero-order valence-electron chi connectivity index (χ0n) is 16.4. The number of H-pyrrole nitrogens is 1. The SMILES string of the molecule is COc1cccc(C2c3c(n[nH]c3C)OC(=N)C2C#N)c1OCc1ccccc1Cl. The fourth-order valence-electron chi connectivity index (χ4n) is 3.67. The van der Waals surface area contributed by atoms with Gasteiger partial charge in [0.25, 0.3) is 0 Å². The molecule has 152 valence electrons. The van der Waals surface area contributed by atoms with Gasteiger partial charge in [0, 0.05) is 33.3 Å². The second-order valence-electron chi connectivity index (χ2n) is 6.88. The molecule has 0 bridgehead atoms. The first kappa shape index (κ1) is 19.8. The maximum atomic E-state index is 9.82. The Morgan fingerprint density at radius 3 is 2.80 bits per heavy atom. The third-order valence-corrected chi connectivity index (χ3v) is 5.50. The van der Waals surface area contributed by atoms with E-state index in [2.05, 4.69) is 16.3 Å². The average Bonchev–Trinajstić information content (AvgIpc) is 3.12. The van der Waals surface area contributed by atoms with Crippen LogP contribution < -0.4 is 14.2 Å². The number of nitrogens with zero attached hydrogens (tertiary/aromatic N) is 2. The molecule has 30 heavy (non-hydrogen) atoms. The van der Waals surface area contributed by atoms with Crippen LogP contribution in [0.5, 0.6) is 17.4 Å². The summed E-state index contributed by atoms with van der Waals surface area (Å²) in [6, 6.07) is 15.1. The van der Waals surface area contributed by atoms with Gasteiger partial charge in [-0.05, 0) is 19.1 Å². The van der Waals surface area contributed by atoms with E-state index >= 15 is 0 Å². The van der Waals surface area contributed by atoms with Gasteiger partial charge in [-0.25, -0.2) is 0 Å². The van der Waals surface area contributed by atoms with Crippen LogP contribution in [0.3, 0.4) is 0 Å². The number of para-hydroxylation sites is 1. The van der Waals surface area contributed by atoms with Crippen molar-refractivity contribution in [2.75, 3.05) is 7.11 Å². The number of nitrogens with one attached hydrogen (secondary N) is 2. The van der Waals surface area contributed by atoms with Crippen LogP contribution in [-0.2, 0) is 6.61 Å². The molecule has 1 aliphatic heterocycles. The monoisotopic (exact) mass is 422 g/mol. The molecule has 8 heteroatoms. The lowest BCUT2D eigenvalue weighted by Gasteiger charge is -2.29. The van der Waals surface area contributed by atoms with Crippen LogP contribution in [0.15, 0.2) is 42.5 Å². The molecule has 0 fully saturated rings. The van der Waals surface area contributed by atoms with Gasteiger partial charge in [-0.2, -0.15) is 5.26 Å². The van der Waals surface area contributed by atoms with E-state index in [9.17, 15) is 5.26 Å². The molecule has 0 saturated carbocycles. The molecule has 0 saturated heterocycles. The average molecular weight is 423 g/mol. The molecule has 1 aromatic heterocycles. The van der Waals surface area contributed by atoms with Crippen LogP contribution in [-0.4, -0.2) is 23.2 Å². The molecule has 4 rings (SSSR count). The molecule has 2 atom stereocenters. The van der Waals surface area contributed by atoms with Gasteiger partial charge in [0.2, 0.25) is 11.8 Å². The van der Waals surface area contributed by atoms with Gasteiger partial charge in [-0.15, -0.1) is 5.10 Å². The van der Waals surface area contributed by atoms with Crippen molar-refractivity contribution in [2.24, 2.45) is 5.92 Å². The van der Waals surface area contributed by atoms with Gasteiger partial charge >= 0.3 is 0 Å². The standard InChI is InChI=1S/C22H19ClN4O3/c1-12-18-19(15(10-24)21(25)30-22(18)27-26-12)14-7-5-9-17(28-2)20(14)29-11-13-6-3-4-8-16(13)23/h3-9,15,19,25H,11H2,1-2H3,(H,26,27). The lowest BCUT2D eigenvalue weighted by atomic mass is 9.79. The van der Waals surface area contributed by atoms with Gasteiger partial charge in [0.05, 0.1) is 13.2 Å². The smallest absolute Gasteiger partial charge is 0.243 e. The molecule has 2 aromatic carbocycles. The van der Waals surface area contributed by atoms with Gasteiger partial charge in [0.1, 0.15) is 12.5 Å². The van der Waals surface area contributed by atoms with Crippen molar-refractivity contribution in [3.8, 4) is 23.4 Å². The topological polar surface area (TPSA) is 104 Å². The summed E-state index contributed by atoms with van der Waals surface area (Å²) in [5, 5.41) is 25.7. The number of aryl methyl sites for hydroxylation is 1. The third kappa shape index (κ3) is 3.36. The van der Waals surface area contributed by atoms with E-state index in [0.29, 0.717) is 28.0 Å². The fourth-order valence-corrected chi connectivity index (χ4v) is 3.86. The molecule has 0 amide bonds. The zero-order valence-corrected chi connectivity index (χ0v) is 17.2. The van der Waals surface area contributed by atoms with Crippen molar-refractivity contribution in [2.45, 2.75) is 19.4 Å². The predicted molar refractivity (Wildman–Crippen MR) is 111 cm³/mol. The molecule has 1 aliphatic rings. The van der Waals surface area contributed by atoms with E-state index in [1.54, 1.807) is 19.2 Å². The highest BCUT2D eigenvalue weighted by molar-refractivity contribution is 6.31. The van der Waals surface area contributed by atoms with Crippen molar-refractivity contribution in [1.29, 1.82) is 10.7 Å². The van der Waals surface area contributed by atoms with Crippen LogP contribution in [0, 0.1) is 29.6 Å². The Bertz CT molecular complexity index is 1150. The number of methoxy groups -OCH3 is 1. The molecular formula is C22H19ClN4O3. The Labute approximate surface area is 178 Å².